The highest BCUT2D eigenvalue weighted by Crippen LogP contribution is 2.14. The Kier molecular flexibility index (Phi) is 2.83. The first-order chi connectivity index (χ1) is 5.61. The molecule has 1 rings (SSSR count). The lowest BCUT2D eigenvalue weighted by atomic mass is 10.1. The highest BCUT2D eigenvalue weighted by atomic mass is 79.9. The number of primary amides is 1. The molecule has 1 atom stereocenters. The van der Waals surface area contributed by atoms with E-state index in [1.807, 2.05) is 12.1 Å². The van der Waals surface area contributed by atoms with E-state index in [2.05, 4.69) is 15.9 Å². The first-order valence-corrected chi connectivity index (χ1v) is 4.21. The van der Waals surface area contributed by atoms with Crippen molar-refractivity contribution < 1.29 is 4.79 Å². The van der Waals surface area contributed by atoms with Crippen molar-refractivity contribution in [3.8, 4) is 0 Å². The first-order valence-electron chi connectivity index (χ1n) is 3.41. The summed E-state index contributed by atoms with van der Waals surface area (Å²) in [7, 11) is 0. The van der Waals surface area contributed by atoms with Gasteiger partial charge in [0.1, 0.15) is 6.04 Å². The second-order valence-electron chi connectivity index (χ2n) is 2.43. The first kappa shape index (κ1) is 9.22. The van der Waals surface area contributed by atoms with Gasteiger partial charge in [0.05, 0.1) is 0 Å². The van der Waals surface area contributed by atoms with Gasteiger partial charge in [-0.2, -0.15) is 0 Å². The van der Waals surface area contributed by atoms with E-state index in [0.29, 0.717) is 0 Å². The molecule has 1 amide bonds. The van der Waals surface area contributed by atoms with Crippen molar-refractivity contribution in [3.05, 3.63) is 34.3 Å². The fourth-order valence-corrected chi connectivity index (χ4v) is 1.10. The lowest BCUT2D eigenvalue weighted by molar-refractivity contribution is -0.119. The van der Waals surface area contributed by atoms with E-state index in [4.69, 9.17) is 11.5 Å². The van der Waals surface area contributed by atoms with Gasteiger partial charge in [-0.25, -0.2) is 0 Å². The van der Waals surface area contributed by atoms with E-state index in [-0.39, 0.29) is 0 Å². The fourth-order valence-electron chi connectivity index (χ4n) is 0.834. The summed E-state index contributed by atoms with van der Waals surface area (Å²) in [5, 5.41) is 0. The molecule has 0 aliphatic rings. The lowest BCUT2D eigenvalue weighted by Gasteiger charge is -2.06. The molecular formula is C8H9BrN2O. The predicted octanol–water partition coefficient (Wildman–Crippen LogP) is 0.934. The normalized spacial score (nSPS) is 12.5. The summed E-state index contributed by atoms with van der Waals surface area (Å²) in [6.45, 7) is 0. The SMILES string of the molecule is NC(=O)[C@H](N)c1ccc(Br)cc1. The van der Waals surface area contributed by atoms with Crippen LogP contribution in [0.15, 0.2) is 28.7 Å². The maximum Gasteiger partial charge on any atom is 0.238 e. The number of hydrogen-bond donors (Lipinski definition) is 2. The molecule has 0 heterocycles. The van der Waals surface area contributed by atoms with Gasteiger partial charge in [0.25, 0.3) is 0 Å². The Bertz CT molecular complexity index is 284. The third-order valence-electron chi connectivity index (χ3n) is 1.54. The number of nitrogens with two attached hydrogens (primary N) is 2. The summed E-state index contributed by atoms with van der Waals surface area (Å²) >= 11 is 3.27. The second-order valence-corrected chi connectivity index (χ2v) is 3.35. The van der Waals surface area contributed by atoms with E-state index in [1.54, 1.807) is 12.1 Å². The average Bonchev–Trinajstić information content (AvgIpc) is 2.04. The molecule has 0 aromatic heterocycles. The van der Waals surface area contributed by atoms with Crippen molar-refractivity contribution in [2.24, 2.45) is 11.5 Å². The zero-order chi connectivity index (χ0) is 9.14. The van der Waals surface area contributed by atoms with Gasteiger partial charge in [-0.05, 0) is 17.7 Å². The number of halogens is 1. The number of rotatable bonds is 2. The van der Waals surface area contributed by atoms with Crippen molar-refractivity contribution in [1.82, 2.24) is 0 Å². The topological polar surface area (TPSA) is 69.1 Å². The van der Waals surface area contributed by atoms with Gasteiger partial charge in [-0.1, -0.05) is 28.1 Å². The zero-order valence-corrected chi connectivity index (χ0v) is 7.91. The second kappa shape index (κ2) is 3.69. The van der Waals surface area contributed by atoms with Crippen LogP contribution in [-0.2, 0) is 4.79 Å². The minimum atomic E-state index is -0.710. The van der Waals surface area contributed by atoms with Crippen molar-refractivity contribution in [2.75, 3.05) is 0 Å². The molecule has 0 saturated carbocycles. The number of carbonyl (C=O) groups is 1. The van der Waals surface area contributed by atoms with E-state index >= 15 is 0 Å². The van der Waals surface area contributed by atoms with E-state index < -0.39 is 11.9 Å². The van der Waals surface area contributed by atoms with Crippen LogP contribution >= 0.6 is 15.9 Å². The molecule has 4 N–H and O–H groups in total. The molecule has 1 aromatic carbocycles. The molecule has 0 spiro atoms. The van der Waals surface area contributed by atoms with E-state index in [1.165, 1.54) is 0 Å². The Balaban J connectivity index is 2.89. The number of amides is 1. The maximum atomic E-state index is 10.7. The largest absolute Gasteiger partial charge is 0.368 e. The number of hydrogen-bond acceptors (Lipinski definition) is 2. The van der Waals surface area contributed by atoms with Crippen LogP contribution in [0.25, 0.3) is 0 Å². The standard InChI is InChI=1S/C8H9BrN2O/c9-6-3-1-5(2-4-6)7(10)8(11)12/h1-4,7H,10H2,(H2,11,12)/t7-/m1/s1. The van der Waals surface area contributed by atoms with Crippen molar-refractivity contribution in [3.63, 3.8) is 0 Å². The summed E-state index contributed by atoms with van der Waals surface area (Å²) in [5.41, 5.74) is 11.3. The number of carbonyl (C=O) groups excluding carboxylic acids is 1. The molecular weight excluding hydrogens is 220 g/mol. The van der Waals surface area contributed by atoms with Gasteiger partial charge >= 0.3 is 0 Å². The highest BCUT2D eigenvalue weighted by Gasteiger charge is 2.10. The summed E-state index contributed by atoms with van der Waals surface area (Å²) in [6, 6.07) is 6.45. The zero-order valence-electron chi connectivity index (χ0n) is 6.33. The summed E-state index contributed by atoms with van der Waals surface area (Å²) < 4.78 is 0.947. The molecule has 64 valence electrons. The quantitative estimate of drug-likeness (QED) is 0.792. The van der Waals surface area contributed by atoms with Gasteiger partial charge in [-0.3, -0.25) is 4.79 Å². The molecule has 0 unspecified atom stereocenters. The Morgan fingerprint density at radius 3 is 2.25 bits per heavy atom. The molecule has 0 aliphatic heterocycles. The molecule has 0 radical (unpaired) electrons. The third kappa shape index (κ3) is 2.06. The van der Waals surface area contributed by atoms with Crippen LogP contribution in [0.3, 0.4) is 0 Å². The minimum absolute atomic E-state index is 0.516. The Labute approximate surface area is 78.9 Å². The lowest BCUT2D eigenvalue weighted by Crippen LogP contribution is -2.28. The van der Waals surface area contributed by atoms with Gasteiger partial charge in [-0.15, -0.1) is 0 Å². The maximum absolute atomic E-state index is 10.7. The van der Waals surface area contributed by atoms with Crippen LogP contribution in [0.1, 0.15) is 11.6 Å². The minimum Gasteiger partial charge on any atom is -0.368 e. The van der Waals surface area contributed by atoms with Crippen molar-refractivity contribution in [1.29, 1.82) is 0 Å². The number of benzene rings is 1. The summed E-state index contributed by atoms with van der Waals surface area (Å²) in [5.74, 6) is -0.516. The third-order valence-corrected chi connectivity index (χ3v) is 2.06. The fraction of sp³-hybridized carbons (Fsp3) is 0.125. The summed E-state index contributed by atoms with van der Waals surface area (Å²) in [4.78, 5) is 10.7. The van der Waals surface area contributed by atoms with Crippen LogP contribution in [0, 0.1) is 0 Å². The molecule has 0 saturated heterocycles. The molecule has 4 heteroatoms. The van der Waals surface area contributed by atoms with Gasteiger partial charge in [0.2, 0.25) is 5.91 Å². The predicted molar refractivity (Wildman–Crippen MR) is 50.3 cm³/mol. The van der Waals surface area contributed by atoms with Crippen LogP contribution in [0.2, 0.25) is 0 Å². The van der Waals surface area contributed by atoms with Gasteiger partial charge in [0, 0.05) is 4.47 Å². The van der Waals surface area contributed by atoms with Crippen LogP contribution in [0.4, 0.5) is 0 Å². The van der Waals surface area contributed by atoms with Crippen molar-refractivity contribution >= 4 is 21.8 Å². The Morgan fingerprint density at radius 2 is 1.83 bits per heavy atom. The van der Waals surface area contributed by atoms with Crippen LogP contribution < -0.4 is 11.5 Å². The summed E-state index contributed by atoms with van der Waals surface area (Å²) in [6.07, 6.45) is 0. The molecule has 12 heavy (non-hydrogen) atoms. The molecule has 0 fully saturated rings. The average molecular weight is 229 g/mol. The molecule has 0 aliphatic carbocycles. The van der Waals surface area contributed by atoms with Crippen molar-refractivity contribution in [2.45, 2.75) is 6.04 Å². The monoisotopic (exact) mass is 228 g/mol. The van der Waals surface area contributed by atoms with E-state index in [9.17, 15) is 4.79 Å². The van der Waals surface area contributed by atoms with Crippen LogP contribution in [0.5, 0.6) is 0 Å². The van der Waals surface area contributed by atoms with Crippen LogP contribution in [-0.4, -0.2) is 5.91 Å². The molecule has 0 bridgehead atoms. The Morgan fingerprint density at radius 1 is 1.33 bits per heavy atom. The molecule has 3 nitrogen and oxygen atoms in total. The van der Waals surface area contributed by atoms with Gasteiger partial charge in [0.15, 0.2) is 0 Å². The van der Waals surface area contributed by atoms with Gasteiger partial charge < -0.3 is 11.5 Å². The Hall–Kier alpha value is -0.870. The molecule has 1 aromatic rings. The smallest absolute Gasteiger partial charge is 0.238 e. The van der Waals surface area contributed by atoms with E-state index in [0.717, 1.165) is 10.0 Å². The highest BCUT2D eigenvalue weighted by molar-refractivity contribution is 9.10.